The number of rotatable bonds is 4. The van der Waals surface area contributed by atoms with E-state index in [0.717, 1.165) is 22.4 Å². The van der Waals surface area contributed by atoms with E-state index in [0.29, 0.717) is 17.7 Å². The highest BCUT2D eigenvalue weighted by atomic mass is 15.0. The fraction of sp³-hybridized carbons (Fsp3) is 0.0952. The minimum Gasteiger partial charge on any atom is -0.330 e. The maximum atomic E-state index is 8.99. The van der Waals surface area contributed by atoms with Crippen LogP contribution in [0.15, 0.2) is 61.1 Å². The Balaban J connectivity index is 2.00. The molecule has 0 saturated carbocycles. The van der Waals surface area contributed by atoms with Gasteiger partial charge in [0.1, 0.15) is 0 Å². The molecule has 0 radical (unpaired) electrons. The van der Waals surface area contributed by atoms with Gasteiger partial charge < -0.3 is 4.57 Å². The lowest BCUT2D eigenvalue weighted by Gasteiger charge is -2.11. The van der Waals surface area contributed by atoms with Gasteiger partial charge in [-0.05, 0) is 54.0 Å². The van der Waals surface area contributed by atoms with Gasteiger partial charge in [-0.15, -0.1) is 0 Å². The number of imidazole rings is 1. The number of benzene rings is 2. The van der Waals surface area contributed by atoms with Crippen LogP contribution in [0.25, 0.3) is 11.6 Å². The summed E-state index contributed by atoms with van der Waals surface area (Å²) in [4.78, 5) is 4.18. The minimum absolute atomic E-state index is 0.639. The van der Waals surface area contributed by atoms with E-state index in [4.69, 9.17) is 10.5 Å². The predicted molar refractivity (Wildman–Crippen MR) is 97.1 cm³/mol. The number of aromatic nitrogens is 2. The van der Waals surface area contributed by atoms with E-state index in [-0.39, 0.29) is 0 Å². The van der Waals surface area contributed by atoms with E-state index in [1.165, 1.54) is 0 Å². The Labute approximate surface area is 146 Å². The van der Waals surface area contributed by atoms with Gasteiger partial charge in [-0.25, -0.2) is 4.98 Å². The molecule has 0 aliphatic rings. The molecular formula is C21H16N4. The first-order chi connectivity index (χ1) is 12.2. The Morgan fingerprint density at radius 1 is 1.00 bits per heavy atom. The lowest BCUT2D eigenvalue weighted by atomic mass is 10.0. The molecule has 1 heterocycles. The van der Waals surface area contributed by atoms with Gasteiger partial charge in [-0.2, -0.15) is 10.5 Å². The fourth-order valence-corrected chi connectivity index (χ4v) is 2.57. The number of nitrogens with zero attached hydrogens (tertiary/aromatic N) is 4. The van der Waals surface area contributed by atoms with Crippen LogP contribution in [-0.4, -0.2) is 9.55 Å². The first-order valence-corrected chi connectivity index (χ1v) is 7.87. The molecule has 0 spiro atoms. The molecular weight excluding hydrogens is 308 g/mol. The molecule has 0 unspecified atom stereocenters. The SMILES string of the molecule is Cc1cncn1CC(=Cc1ccc(C#N)cc1)c1ccc(C#N)cc1. The summed E-state index contributed by atoms with van der Waals surface area (Å²) in [5, 5.41) is 17.9. The molecule has 1 aromatic heterocycles. The van der Waals surface area contributed by atoms with Crippen LogP contribution in [0.4, 0.5) is 0 Å². The van der Waals surface area contributed by atoms with Crippen LogP contribution in [0.1, 0.15) is 27.9 Å². The summed E-state index contributed by atoms with van der Waals surface area (Å²) < 4.78 is 2.08. The zero-order valence-electron chi connectivity index (χ0n) is 13.8. The quantitative estimate of drug-likeness (QED) is 0.676. The van der Waals surface area contributed by atoms with E-state index in [1.807, 2.05) is 68.0 Å². The van der Waals surface area contributed by atoms with Gasteiger partial charge in [0.25, 0.3) is 0 Å². The monoisotopic (exact) mass is 324 g/mol. The van der Waals surface area contributed by atoms with Crippen LogP contribution in [-0.2, 0) is 6.54 Å². The average Bonchev–Trinajstić information content (AvgIpc) is 3.06. The molecule has 4 heteroatoms. The predicted octanol–water partition coefficient (Wildman–Crippen LogP) is 4.18. The summed E-state index contributed by atoms with van der Waals surface area (Å²) in [7, 11) is 0. The molecule has 0 atom stereocenters. The highest BCUT2D eigenvalue weighted by Crippen LogP contribution is 2.22. The lowest BCUT2D eigenvalue weighted by molar-refractivity contribution is 0.805. The van der Waals surface area contributed by atoms with E-state index in [2.05, 4.69) is 27.8 Å². The zero-order chi connectivity index (χ0) is 17.6. The molecule has 25 heavy (non-hydrogen) atoms. The molecule has 0 N–H and O–H groups in total. The van der Waals surface area contributed by atoms with Crippen LogP contribution in [0.3, 0.4) is 0 Å². The van der Waals surface area contributed by atoms with Gasteiger partial charge in [0.15, 0.2) is 0 Å². The molecule has 120 valence electrons. The normalized spacial score (nSPS) is 10.9. The van der Waals surface area contributed by atoms with Gasteiger partial charge in [0, 0.05) is 18.4 Å². The molecule has 0 saturated heterocycles. The average molecular weight is 324 g/mol. The van der Waals surface area contributed by atoms with Crippen molar-refractivity contribution >= 4 is 11.6 Å². The summed E-state index contributed by atoms with van der Waals surface area (Å²) in [5.74, 6) is 0. The number of hydrogen-bond donors (Lipinski definition) is 0. The largest absolute Gasteiger partial charge is 0.330 e. The summed E-state index contributed by atoms with van der Waals surface area (Å²) >= 11 is 0. The van der Waals surface area contributed by atoms with Crippen molar-refractivity contribution in [2.24, 2.45) is 0 Å². The summed E-state index contributed by atoms with van der Waals surface area (Å²) in [6.45, 7) is 2.70. The molecule has 0 aliphatic carbocycles. The van der Waals surface area contributed by atoms with E-state index in [1.54, 1.807) is 0 Å². The highest BCUT2D eigenvalue weighted by Gasteiger charge is 2.06. The van der Waals surface area contributed by atoms with Gasteiger partial charge in [-0.1, -0.05) is 24.3 Å². The first-order valence-electron chi connectivity index (χ1n) is 7.87. The maximum Gasteiger partial charge on any atom is 0.0991 e. The molecule has 0 aliphatic heterocycles. The minimum atomic E-state index is 0.639. The molecule has 4 nitrogen and oxygen atoms in total. The molecule has 2 aromatic carbocycles. The van der Waals surface area contributed by atoms with Crippen LogP contribution >= 0.6 is 0 Å². The smallest absolute Gasteiger partial charge is 0.0991 e. The maximum absolute atomic E-state index is 8.99. The number of aryl methyl sites for hydroxylation is 1. The second-order valence-corrected chi connectivity index (χ2v) is 5.76. The van der Waals surface area contributed by atoms with Crippen molar-refractivity contribution < 1.29 is 0 Å². The number of nitriles is 2. The first kappa shape index (κ1) is 16.2. The fourth-order valence-electron chi connectivity index (χ4n) is 2.57. The third-order valence-electron chi connectivity index (χ3n) is 4.03. The van der Waals surface area contributed by atoms with Crippen molar-refractivity contribution in [2.45, 2.75) is 13.5 Å². The number of allylic oxidation sites excluding steroid dienone is 1. The lowest BCUT2D eigenvalue weighted by Crippen LogP contribution is -2.01. The second kappa shape index (κ2) is 7.29. The molecule has 3 rings (SSSR count). The van der Waals surface area contributed by atoms with E-state index < -0.39 is 0 Å². The Morgan fingerprint density at radius 2 is 1.60 bits per heavy atom. The molecule has 3 aromatic rings. The van der Waals surface area contributed by atoms with Crippen molar-refractivity contribution in [3.8, 4) is 12.1 Å². The topological polar surface area (TPSA) is 65.4 Å². The van der Waals surface area contributed by atoms with E-state index in [9.17, 15) is 0 Å². The Morgan fingerprint density at radius 3 is 2.12 bits per heavy atom. The third kappa shape index (κ3) is 3.83. The second-order valence-electron chi connectivity index (χ2n) is 5.76. The highest BCUT2D eigenvalue weighted by molar-refractivity contribution is 5.81. The molecule has 0 fully saturated rings. The molecule has 0 amide bonds. The Hall–Kier alpha value is -3.63. The zero-order valence-corrected chi connectivity index (χ0v) is 13.8. The molecule has 0 bridgehead atoms. The summed E-state index contributed by atoms with van der Waals surface area (Å²) in [6.07, 6.45) is 5.74. The van der Waals surface area contributed by atoms with Gasteiger partial charge >= 0.3 is 0 Å². The van der Waals surface area contributed by atoms with Crippen LogP contribution in [0.5, 0.6) is 0 Å². The van der Waals surface area contributed by atoms with Crippen molar-refractivity contribution in [1.82, 2.24) is 9.55 Å². The van der Waals surface area contributed by atoms with E-state index >= 15 is 0 Å². The van der Waals surface area contributed by atoms with Crippen LogP contribution in [0.2, 0.25) is 0 Å². The van der Waals surface area contributed by atoms with Gasteiger partial charge in [0.05, 0.1) is 29.6 Å². The van der Waals surface area contributed by atoms with Gasteiger partial charge in [-0.3, -0.25) is 0 Å². The van der Waals surface area contributed by atoms with Crippen molar-refractivity contribution in [2.75, 3.05) is 0 Å². The van der Waals surface area contributed by atoms with Crippen molar-refractivity contribution in [1.29, 1.82) is 10.5 Å². The number of hydrogen-bond acceptors (Lipinski definition) is 3. The Kier molecular flexibility index (Phi) is 4.74. The summed E-state index contributed by atoms with van der Waals surface area (Å²) in [6, 6.07) is 19.3. The Bertz CT molecular complexity index is 978. The van der Waals surface area contributed by atoms with Gasteiger partial charge in [0.2, 0.25) is 0 Å². The summed E-state index contributed by atoms with van der Waals surface area (Å²) in [5.41, 5.74) is 5.55. The van der Waals surface area contributed by atoms with Crippen molar-refractivity contribution in [3.05, 3.63) is 89.0 Å². The van der Waals surface area contributed by atoms with Crippen LogP contribution < -0.4 is 0 Å². The van der Waals surface area contributed by atoms with Crippen LogP contribution in [0, 0.1) is 29.6 Å². The standard InChI is InChI=1S/C21H16N4/c1-16-13-24-15-25(16)14-21(20-8-6-19(12-23)7-9-20)10-17-2-4-18(11-22)5-3-17/h2-10,13,15H,14H2,1H3. The third-order valence-corrected chi connectivity index (χ3v) is 4.03. The van der Waals surface area contributed by atoms with Crippen molar-refractivity contribution in [3.63, 3.8) is 0 Å².